The first-order valence-electron chi connectivity index (χ1n) is 4.01. The summed E-state index contributed by atoms with van der Waals surface area (Å²) in [6.45, 7) is -0.0600. The quantitative estimate of drug-likeness (QED) is 0.737. The highest BCUT2D eigenvalue weighted by molar-refractivity contribution is 9.10. The average Bonchev–Trinajstić information content (AvgIpc) is 2.71. The van der Waals surface area contributed by atoms with Crippen molar-refractivity contribution < 1.29 is 23.4 Å². The Morgan fingerprint density at radius 3 is 2.87 bits per heavy atom. The van der Waals surface area contributed by atoms with Crippen LogP contribution in [0.3, 0.4) is 0 Å². The van der Waals surface area contributed by atoms with E-state index in [9.17, 15) is 9.18 Å². The summed E-state index contributed by atoms with van der Waals surface area (Å²) in [7, 11) is 1.22. The third kappa shape index (κ3) is 1.54. The van der Waals surface area contributed by atoms with Gasteiger partial charge in [0.25, 0.3) is 0 Å². The average molecular weight is 277 g/mol. The summed E-state index contributed by atoms with van der Waals surface area (Å²) in [5.41, 5.74) is 0.0688. The highest BCUT2D eigenvalue weighted by Gasteiger charge is 2.27. The molecule has 0 aromatic heterocycles. The van der Waals surface area contributed by atoms with Gasteiger partial charge in [0.2, 0.25) is 12.5 Å². The molecule has 0 unspecified atom stereocenters. The van der Waals surface area contributed by atoms with E-state index >= 15 is 0 Å². The smallest absolute Gasteiger partial charge is 0.339 e. The van der Waals surface area contributed by atoms with Crippen molar-refractivity contribution in [2.24, 2.45) is 0 Å². The molecule has 1 aliphatic rings. The van der Waals surface area contributed by atoms with Crippen LogP contribution in [0, 0.1) is 5.82 Å². The van der Waals surface area contributed by atoms with Crippen LogP contribution in [-0.4, -0.2) is 19.9 Å². The van der Waals surface area contributed by atoms with E-state index in [-0.39, 0.29) is 23.9 Å². The van der Waals surface area contributed by atoms with Crippen molar-refractivity contribution in [1.82, 2.24) is 0 Å². The first-order chi connectivity index (χ1) is 7.15. The zero-order valence-corrected chi connectivity index (χ0v) is 9.26. The fourth-order valence-electron chi connectivity index (χ4n) is 1.26. The van der Waals surface area contributed by atoms with E-state index < -0.39 is 11.8 Å². The lowest BCUT2D eigenvalue weighted by molar-refractivity contribution is 0.0598. The Morgan fingerprint density at radius 1 is 1.53 bits per heavy atom. The second kappa shape index (κ2) is 3.69. The Hall–Kier alpha value is -1.30. The van der Waals surface area contributed by atoms with Crippen molar-refractivity contribution in [3.63, 3.8) is 0 Å². The molecule has 0 amide bonds. The van der Waals surface area contributed by atoms with E-state index in [0.717, 1.165) is 6.07 Å². The molecule has 80 valence electrons. The Kier molecular flexibility index (Phi) is 2.52. The van der Waals surface area contributed by atoms with Crippen LogP contribution in [0.2, 0.25) is 0 Å². The van der Waals surface area contributed by atoms with Crippen LogP contribution in [0.4, 0.5) is 4.39 Å². The van der Waals surface area contributed by atoms with Gasteiger partial charge in [-0.05, 0) is 22.0 Å². The fraction of sp³-hybridized carbons (Fsp3) is 0.222. The number of hydrogen-bond donors (Lipinski definition) is 0. The van der Waals surface area contributed by atoms with Gasteiger partial charge < -0.3 is 14.2 Å². The minimum Gasteiger partial charge on any atom is -0.465 e. The highest BCUT2D eigenvalue weighted by atomic mass is 79.9. The third-order valence-corrected chi connectivity index (χ3v) is 2.73. The van der Waals surface area contributed by atoms with E-state index in [1.807, 2.05) is 0 Å². The normalized spacial score (nSPS) is 12.7. The predicted octanol–water partition coefficient (Wildman–Crippen LogP) is 2.10. The number of ether oxygens (including phenoxy) is 3. The van der Waals surface area contributed by atoms with Gasteiger partial charge in [0.15, 0.2) is 11.6 Å². The van der Waals surface area contributed by atoms with E-state index in [1.54, 1.807) is 0 Å². The summed E-state index contributed by atoms with van der Waals surface area (Å²) in [6, 6.07) is 1.05. The van der Waals surface area contributed by atoms with Gasteiger partial charge in [-0.2, -0.15) is 0 Å². The van der Waals surface area contributed by atoms with Gasteiger partial charge in [0.1, 0.15) is 0 Å². The Balaban J connectivity index is 2.59. The summed E-state index contributed by atoms with van der Waals surface area (Å²) in [4.78, 5) is 11.3. The molecule has 1 heterocycles. The van der Waals surface area contributed by atoms with Gasteiger partial charge >= 0.3 is 5.97 Å². The molecule has 0 bridgehead atoms. The number of carbonyl (C=O) groups excluding carboxylic acids is 1. The first kappa shape index (κ1) is 10.2. The first-order valence-corrected chi connectivity index (χ1v) is 4.80. The number of methoxy groups -OCH3 is 1. The SMILES string of the molecule is COC(=O)c1cc(F)c2c(c1Br)OCO2. The molecular formula is C9H6BrFO4. The molecule has 0 radical (unpaired) electrons. The van der Waals surface area contributed by atoms with Crippen LogP contribution in [0.1, 0.15) is 10.4 Å². The fourth-order valence-corrected chi connectivity index (χ4v) is 1.83. The summed E-state index contributed by atoms with van der Waals surface area (Å²) < 4.78 is 28.2. The van der Waals surface area contributed by atoms with Crippen LogP contribution in [-0.2, 0) is 4.74 Å². The van der Waals surface area contributed by atoms with Gasteiger partial charge in [-0.1, -0.05) is 0 Å². The number of hydrogen-bond acceptors (Lipinski definition) is 4. The molecule has 0 aliphatic carbocycles. The summed E-state index contributed by atoms with van der Waals surface area (Å²) in [5.74, 6) is -1.09. The lowest BCUT2D eigenvalue weighted by atomic mass is 10.2. The maximum absolute atomic E-state index is 13.4. The van der Waals surface area contributed by atoms with Gasteiger partial charge in [-0.3, -0.25) is 0 Å². The Labute approximate surface area is 93.1 Å². The van der Waals surface area contributed by atoms with Crippen LogP contribution in [0.25, 0.3) is 0 Å². The standard InChI is InChI=1S/C9H6BrFO4/c1-13-9(12)4-2-5(11)7-8(6(4)10)15-3-14-7/h2H,3H2,1H3. The molecule has 15 heavy (non-hydrogen) atoms. The Morgan fingerprint density at radius 2 is 2.20 bits per heavy atom. The molecule has 0 saturated heterocycles. The Bertz CT molecular complexity index is 433. The third-order valence-electron chi connectivity index (χ3n) is 1.94. The van der Waals surface area contributed by atoms with E-state index in [1.165, 1.54) is 7.11 Å². The largest absolute Gasteiger partial charge is 0.465 e. The second-order valence-electron chi connectivity index (χ2n) is 2.78. The zero-order valence-electron chi connectivity index (χ0n) is 7.67. The zero-order chi connectivity index (χ0) is 11.0. The molecule has 0 N–H and O–H groups in total. The summed E-state index contributed by atoms with van der Waals surface area (Å²) in [5, 5.41) is 0. The molecule has 0 saturated carbocycles. The molecule has 0 atom stereocenters. The molecule has 2 rings (SSSR count). The number of fused-ring (bicyclic) bond motifs is 1. The van der Waals surface area contributed by atoms with Crippen molar-refractivity contribution in [1.29, 1.82) is 0 Å². The molecule has 0 fully saturated rings. The number of halogens is 2. The number of rotatable bonds is 1. The van der Waals surface area contributed by atoms with Crippen LogP contribution < -0.4 is 9.47 Å². The molecule has 6 heteroatoms. The van der Waals surface area contributed by atoms with Gasteiger partial charge in [-0.15, -0.1) is 0 Å². The lowest BCUT2D eigenvalue weighted by Gasteiger charge is -2.05. The number of carbonyl (C=O) groups is 1. The monoisotopic (exact) mass is 276 g/mol. The van der Waals surface area contributed by atoms with Crippen molar-refractivity contribution in [3.05, 3.63) is 21.9 Å². The van der Waals surface area contributed by atoms with Crippen molar-refractivity contribution in [3.8, 4) is 11.5 Å². The number of esters is 1. The minimum absolute atomic E-state index is 0.00882. The molecular weight excluding hydrogens is 271 g/mol. The maximum atomic E-state index is 13.4. The molecule has 1 aromatic carbocycles. The molecule has 4 nitrogen and oxygen atoms in total. The molecule has 1 aromatic rings. The molecule has 0 spiro atoms. The van der Waals surface area contributed by atoms with Crippen molar-refractivity contribution in [2.75, 3.05) is 13.9 Å². The van der Waals surface area contributed by atoms with Crippen LogP contribution in [0.5, 0.6) is 11.5 Å². The highest BCUT2D eigenvalue weighted by Crippen LogP contribution is 2.43. The van der Waals surface area contributed by atoms with Gasteiger partial charge in [-0.25, -0.2) is 9.18 Å². The minimum atomic E-state index is -0.647. The molecule has 1 aliphatic heterocycles. The predicted molar refractivity (Wildman–Crippen MR) is 51.6 cm³/mol. The van der Waals surface area contributed by atoms with Gasteiger partial charge in [0.05, 0.1) is 17.1 Å². The van der Waals surface area contributed by atoms with Crippen molar-refractivity contribution in [2.45, 2.75) is 0 Å². The lowest BCUT2D eigenvalue weighted by Crippen LogP contribution is -2.03. The maximum Gasteiger partial charge on any atom is 0.339 e. The van der Waals surface area contributed by atoms with E-state index in [4.69, 9.17) is 9.47 Å². The van der Waals surface area contributed by atoms with Gasteiger partial charge in [0, 0.05) is 0 Å². The number of benzene rings is 1. The second-order valence-corrected chi connectivity index (χ2v) is 3.57. The topological polar surface area (TPSA) is 44.8 Å². The summed E-state index contributed by atoms with van der Waals surface area (Å²) in [6.07, 6.45) is 0. The summed E-state index contributed by atoms with van der Waals surface area (Å²) >= 11 is 3.14. The van der Waals surface area contributed by atoms with E-state index in [0.29, 0.717) is 4.47 Å². The van der Waals surface area contributed by atoms with Crippen LogP contribution in [0.15, 0.2) is 10.5 Å². The van der Waals surface area contributed by atoms with E-state index in [2.05, 4.69) is 20.7 Å². The van der Waals surface area contributed by atoms with Crippen LogP contribution >= 0.6 is 15.9 Å². The van der Waals surface area contributed by atoms with Crippen molar-refractivity contribution >= 4 is 21.9 Å².